The molecule has 0 saturated carbocycles. The van der Waals surface area contributed by atoms with Gasteiger partial charge in [0.1, 0.15) is 5.69 Å². The molecule has 2 rings (SSSR count). The zero-order valence-electron chi connectivity index (χ0n) is 9.11. The van der Waals surface area contributed by atoms with Crippen molar-refractivity contribution in [1.29, 1.82) is 0 Å². The normalized spacial score (nSPS) is 10.4. The summed E-state index contributed by atoms with van der Waals surface area (Å²) in [4.78, 5) is 17.8. The van der Waals surface area contributed by atoms with Crippen LogP contribution in [0.25, 0.3) is 11.3 Å². The second-order valence-corrected chi connectivity index (χ2v) is 3.74. The van der Waals surface area contributed by atoms with Gasteiger partial charge in [-0.25, -0.2) is 4.79 Å². The lowest BCUT2D eigenvalue weighted by Crippen LogP contribution is -1.98. The molecule has 0 unspecified atom stereocenters. The van der Waals surface area contributed by atoms with E-state index in [1.165, 1.54) is 0 Å². The Hall–Kier alpha value is -2.10. The van der Waals surface area contributed by atoms with Crippen molar-refractivity contribution in [2.75, 3.05) is 0 Å². The first-order valence-corrected chi connectivity index (χ1v) is 4.93. The molecule has 2 aromatic rings. The Morgan fingerprint density at radius 3 is 2.69 bits per heavy atom. The molecule has 0 aliphatic carbocycles. The summed E-state index contributed by atoms with van der Waals surface area (Å²) in [5.74, 6) is -0.940. The minimum Gasteiger partial charge on any atom is -0.477 e. The Bertz CT molecular complexity index is 544. The SMILES string of the molecule is Cc1ccncc1-c1cc(C)c(C(=O)O)[nH]1. The summed E-state index contributed by atoms with van der Waals surface area (Å²) in [6.45, 7) is 3.74. The van der Waals surface area contributed by atoms with Gasteiger partial charge in [0.15, 0.2) is 0 Å². The van der Waals surface area contributed by atoms with E-state index in [0.29, 0.717) is 0 Å². The molecule has 2 aromatic heterocycles. The quantitative estimate of drug-likeness (QED) is 0.810. The van der Waals surface area contributed by atoms with Crippen molar-refractivity contribution in [2.24, 2.45) is 0 Å². The minimum absolute atomic E-state index is 0.234. The van der Waals surface area contributed by atoms with E-state index in [9.17, 15) is 4.79 Å². The Morgan fingerprint density at radius 2 is 2.12 bits per heavy atom. The molecule has 16 heavy (non-hydrogen) atoms. The largest absolute Gasteiger partial charge is 0.477 e. The monoisotopic (exact) mass is 216 g/mol. The molecular formula is C12H12N2O2. The van der Waals surface area contributed by atoms with Gasteiger partial charge in [0.05, 0.1) is 0 Å². The highest BCUT2D eigenvalue weighted by molar-refractivity contribution is 5.89. The van der Waals surface area contributed by atoms with Crippen molar-refractivity contribution in [2.45, 2.75) is 13.8 Å². The first-order valence-electron chi connectivity index (χ1n) is 4.93. The number of aromatic carboxylic acids is 1. The molecule has 0 fully saturated rings. The molecule has 0 aromatic carbocycles. The first-order chi connectivity index (χ1) is 7.59. The van der Waals surface area contributed by atoms with Gasteiger partial charge in [0, 0.05) is 23.7 Å². The van der Waals surface area contributed by atoms with E-state index in [2.05, 4.69) is 9.97 Å². The van der Waals surface area contributed by atoms with E-state index >= 15 is 0 Å². The van der Waals surface area contributed by atoms with Crippen LogP contribution in [-0.2, 0) is 0 Å². The fourth-order valence-corrected chi connectivity index (χ4v) is 1.67. The third kappa shape index (κ3) is 1.69. The van der Waals surface area contributed by atoms with Gasteiger partial charge in [-0.1, -0.05) is 0 Å². The summed E-state index contributed by atoms with van der Waals surface area (Å²) in [5, 5.41) is 8.95. The fourth-order valence-electron chi connectivity index (χ4n) is 1.67. The zero-order valence-corrected chi connectivity index (χ0v) is 9.11. The average Bonchev–Trinajstić information content (AvgIpc) is 2.61. The molecule has 0 aliphatic heterocycles. The lowest BCUT2D eigenvalue weighted by Gasteiger charge is -2.01. The molecule has 0 atom stereocenters. The average molecular weight is 216 g/mol. The van der Waals surface area contributed by atoms with Gasteiger partial charge in [0.25, 0.3) is 0 Å². The predicted molar refractivity (Wildman–Crippen MR) is 60.5 cm³/mol. The fraction of sp³-hybridized carbons (Fsp3) is 0.167. The third-order valence-electron chi connectivity index (χ3n) is 2.56. The van der Waals surface area contributed by atoms with Crippen molar-refractivity contribution >= 4 is 5.97 Å². The summed E-state index contributed by atoms with van der Waals surface area (Å²) in [6.07, 6.45) is 3.44. The van der Waals surface area contributed by atoms with Gasteiger partial charge < -0.3 is 10.1 Å². The number of aromatic nitrogens is 2. The van der Waals surface area contributed by atoms with E-state index in [0.717, 1.165) is 22.4 Å². The highest BCUT2D eigenvalue weighted by atomic mass is 16.4. The van der Waals surface area contributed by atoms with Crippen LogP contribution < -0.4 is 0 Å². The number of carboxylic acids is 1. The van der Waals surface area contributed by atoms with Gasteiger partial charge in [-0.2, -0.15) is 0 Å². The summed E-state index contributed by atoms with van der Waals surface area (Å²) in [6, 6.07) is 3.72. The molecular weight excluding hydrogens is 204 g/mol. The maximum absolute atomic E-state index is 10.9. The number of hydrogen-bond donors (Lipinski definition) is 2. The maximum atomic E-state index is 10.9. The van der Waals surface area contributed by atoms with Crippen LogP contribution in [0.5, 0.6) is 0 Å². The molecule has 2 N–H and O–H groups in total. The summed E-state index contributed by atoms with van der Waals surface area (Å²) in [5.41, 5.74) is 3.75. The topological polar surface area (TPSA) is 66.0 Å². The van der Waals surface area contributed by atoms with Crippen molar-refractivity contribution in [3.05, 3.63) is 41.3 Å². The number of H-pyrrole nitrogens is 1. The Balaban J connectivity index is 2.54. The smallest absolute Gasteiger partial charge is 0.352 e. The number of carbonyl (C=O) groups is 1. The van der Waals surface area contributed by atoms with Crippen LogP contribution in [0.2, 0.25) is 0 Å². The second kappa shape index (κ2) is 3.81. The van der Waals surface area contributed by atoms with Crippen LogP contribution in [0.4, 0.5) is 0 Å². The van der Waals surface area contributed by atoms with E-state index < -0.39 is 5.97 Å². The van der Waals surface area contributed by atoms with Crippen LogP contribution in [0.3, 0.4) is 0 Å². The minimum atomic E-state index is -0.940. The lowest BCUT2D eigenvalue weighted by atomic mass is 10.1. The van der Waals surface area contributed by atoms with Gasteiger partial charge in [-0.05, 0) is 37.1 Å². The number of nitrogens with one attached hydrogen (secondary N) is 1. The predicted octanol–water partition coefficient (Wildman–Crippen LogP) is 2.39. The first kappa shape index (κ1) is 10.4. The number of pyridine rings is 1. The molecule has 0 aliphatic rings. The Kier molecular flexibility index (Phi) is 2.48. The number of rotatable bonds is 2. The summed E-state index contributed by atoms with van der Waals surface area (Å²) < 4.78 is 0. The second-order valence-electron chi connectivity index (χ2n) is 3.74. The Labute approximate surface area is 93.0 Å². The van der Waals surface area contributed by atoms with Crippen molar-refractivity contribution in [3.8, 4) is 11.3 Å². The van der Waals surface area contributed by atoms with Gasteiger partial charge in [0.2, 0.25) is 0 Å². The molecule has 0 radical (unpaired) electrons. The molecule has 0 saturated heterocycles. The molecule has 82 valence electrons. The van der Waals surface area contributed by atoms with Crippen LogP contribution >= 0.6 is 0 Å². The molecule has 4 nitrogen and oxygen atoms in total. The highest BCUT2D eigenvalue weighted by Gasteiger charge is 2.12. The standard InChI is InChI=1S/C12H12N2O2/c1-7-3-4-13-6-9(7)10-5-8(2)11(14-10)12(15)16/h3-6,14H,1-2H3,(H,15,16). The lowest BCUT2D eigenvalue weighted by molar-refractivity contribution is 0.0690. The number of nitrogens with zero attached hydrogens (tertiary/aromatic N) is 1. The van der Waals surface area contributed by atoms with E-state index in [1.54, 1.807) is 19.3 Å². The number of aryl methyl sites for hydroxylation is 2. The van der Waals surface area contributed by atoms with E-state index in [1.807, 2.05) is 19.1 Å². The van der Waals surface area contributed by atoms with Crippen molar-refractivity contribution in [3.63, 3.8) is 0 Å². The third-order valence-corrected chi connectivity index (χ3v) is 2.56. The molecule has 2 heterocycles. The Morgan fingerprint density at radius 1 is 1.38 bits per heavy atom. The molecule has 4 heteroatoms. The highest BCUT2D eigenvalue weighted by Crippen LogP contribution is 2.23. The molecule has 0 amide bonds. The van der Waals surface area contributed by atoms with E-state index in [4.69, 9.17) is 5.11 Å². The van der Waals surface area contributed by atoms with E-state index in [-0.39, 0.29) is 5.69 Å². The summed E-state index contributed by atoms with van der Waals surface area (Å²) >= 11 is 0. The maximum Gasteiger partial charge on any atom is 0.352 e. The van der Waals surface area contributed by atoms with Crippen molar-refractivity contribution in [1.82, 2.24) is 9.97 Å². The van der Waals surface area contributed by atoms with Crippen LogP contribution in [0.1, 0.15) is 21.6 Å². The number of aromatic amines is 1. The zero-order chi connectivity index (χ0) is 11.7. The number of hydrogen-bond acceptors (Lipinski definition) is 2. The van der Waals surface area contributed by atoms with Gasteiger partial charge >= 0.3 is 5.97 Å². The van der Waals surface area contributed by atoms with Gasteiger partial charge in [-0.15, -0.1) is 0 Å². The van der Waals surface area contributed by atoms with Crippen LogP contribution in [0, 0.1) is 13.8 Å². The molecule has 0 spiro atoms. The van der Waals surface area contributed by atoms with Gasteiger partial charge in [-0.3, -0.25) is 4.98 Å². The van der Waals surface area contributed by atoms with Crippen LogP contribution in [-0.4, -0.2) is 21.0 Å². The molecule has 0 bridgehead atoms. The summed E-state index contributed by atoms with van der Waals surface area (Å²) in [7, 11) is 0. The van der Waals surface area contributed by atoms with Crippen molar-refractivity contribution < 1.29 is 9.90 Å². The number of carboxylic acid groups (broad SMARTS) is 1. The van der Waals surface area contributed by atoms with Crippen LogP contribution in [0.15, 0.2) is 24.5 Å².